The lowest BCUT2D eigenvalue weighted by Crippen LogP contribution is -1.79. The molecule has 138 valence electrons. The van der Waals surface area contributed by atoms with Crippen LogP contribution in [0.2, 0.25) is 0 Å². The van der Waals surface area contributed by atoms with Crippen molar-refractivity contribution in [2.45, 2.75) is 26.7 Å². The van der Waals surface area contributed by atoms with Gasteiger partial charge in [-0.15, -0.1) is 0 Å². The van der Waals surface area contributed by atoms with E-state index in [1.807, 2.05) is 25.1 Å². The van der Waals surface area contributed by atoms with Crippen LogP contribution in [-0.2, 0) is 9.53 Å². The van der Waals surface area contributed by atoms with Crippen molar-refractivity contribution < 1.29 is 24.4 Å². The largest absolute Gasteiger partial charge is 0.481 e. The molecule has 1 aliphatic heterocycles. The molecule has 2 aromatic rings. The maximum absolute atomic E-state index is 10.6. The molecule has 0 spiro atoms. The van der Waals surface area contributed by atoms with E-state index in [1.54, 1.807) is 6.20 Å². The number of nitro groups is 1. The molecule has 3 rings (SSSR count). The lowest BCUT2D eigenvalue weighted by Gasteiger charge is -1.92. The van der Waals surface area contributed by atoms with Crippen LogP contribution in [0.1, 0.15) is 35.7 Å². The van der Waals surface area contributed by atoms with Gasteiger partial charge in [0.25, 0.3) is 5.97 Å². The average Bonchev–Trinajstić information content (AvgIpc) is 3.18. The van der Waals surface area contributed by atoms with Crippen LogP contribution >= 0.6 is 0 Å². The molecule has 0 bridgehead atoms. The Kier molecular flexibility index (Phi) is 11.3. The highest BCUT2D eigenvalue weighted by Gasteiger charge is 2.00. The molecule has 0 radical (unpaired) electrons. The second-order valence-electron chi connectivity index (χ2n) is 5.19. The molecule has 0 unspecified atom stereocenters. The van der Waals surface area contributed by atoms with Crippen LogP contribution in [0.3, 0.4) is 0 Å². The van der Waals surface area contributed by atoms with Crippen LogP contribution in [0.4, 0.5) is 0 Å². The van der Waals surface area contributed by atoms with Crippen LogP contribution in [0.25, 0.3) is 10.9 Å². The van der Waals surface area contributed by atoms with E-state index >= 15 is 0 Å². The number of carbonyl (C=O) groups is 2. The van der Waals surface area contributed by atoms with Gasteiger partial charge >= 0.3 is 0 Å². The molecule has 1 saturated heterocycles. The molecule has 25 heavy (non-hydrogen) atoms. The van der Waals surface area contributed by atoms with Crippen LogP contribution in [0.5, 0.6) is 0 Å². The maximum atomic E-state index is 10.6. The zero-order valence-corrected chi connectivity index (χ0v) is 14.7. The number of fused-ring (bicyclic) bond motifs is 1. The number of aliphatic carboxylic acids is 1. The molecule has 1 fully saturated rings. The number of H-pyrrole nitrogens is 1. The third-order valence-electron chi connectivity index (χ3n) is 2.82. The molecule has 8 heteroatoms. The fourth-order valence-electron chi connectivity index (χ4n) is 1.86. The Bertz CT molecular complexity index is 649. The maximum Gasteiger partial charge on any atom is 0.300 e. The van der Waals surface area contributed by atoms with Gasteiger partial charge in [0.2, 0.25) is 0 Å². The molecular formula is C17H24N2O6. The van der Waals surface area contributed by atoms with Crippen molar-refractivity contribution >= 4 is 23.2 Å². The van der Waals surface area contributed by atoms with Crippen LogP contribution < -0.4 is 0 Å². The number of hydrogen-bond donors (Lipinski definition) is 2. The number of nitrogens with zero attached hydrogens (tertiary/aromatic N) is 1. The number of carboxylic acids is 1. The Morgan fingerprint density at radius 2 is 1.88 bits per heavy atom. The molecule has 1 aliphatic rings. The van der Waals surface area contributed by atoms with Gasteiger partial charge in [-0.2, -0.15) is 0 Å². The van der Waals surface area contributed by atoms with Crippen molar-refractivity contribution in [2.24, 2.45) is 0 Å². The fourth-order valence-corrected chi connectivity index (χ4v) is 1.86. The smallest absolute Gasteiger partial charge is 0.300 e. The molecule has 2 heterocycles. The fraction of sp³-hybridized carbons (Fsp3) is 0.412. The summed E-state index contributed by atoms with van der Waals surface area (Å²) in [7, 11) is 0.889. The minimum atomic E-state index is -0.833. The number of aromatic amines is 1. The number of benzene rings is 1. The van der Waals surface area contributed by atoms with Crippen molar-refractivity contribution in [3.8, 4) is 0 Å². The van der Waals surface area contributed by atoms with E-state index in [4.69, 9.17) is 24.8 Å². The summed E-state index contributed by atoms with van der Waals surface area (Å²) in [6.07, 6.45) is 5.16. The Hall–Kier alpha value is -2.74. The molecule has 1 aromatic heterocycles. The highest BCUT2D eigenvalue weighted by Crippen LogP contribution is 2.17. The number of ether oxygens (including phenoxy) is 1. The second kappa shape index (κ2) is 12.7. The summed E-state index contributed by atoms with van der Waals surface area (Å²) in [5.74, 6) is -0.833. The van der Waals surface area contributed by atoms with Gasteiger partial charge in [0.05, 0.1) is 0 Å². The summed E-state index contributed by atoms with van der Waals surface area (Å²) in [6.45, 7) is 5.10. The zero-order valence-electron chi connectivity index (χ0n) is 14.7. The lowest BCUT2D eigenvalue weighted by atomic mass is 10.1. The summed E-state index contributed by atoms with van der Waals surface area (Å²) < 4.78 is 4.94. The van der Waals surface area contributed by atoms with Gasteiger partial charge in [-0.1, -0.05) is 11.6 Å². The third kappa shape index (κ3) is 11.4. The molecule has 2 N–H and O–H groups in total. The Balaban J connectivity index is 0.000000369. The van der Waals surface area contributed by atoms with Gasteiger partial charge in [0.1, 0.15) is 0 Å². The standard InChI is InChI=1S/C10H9NO.C4H8O.C2H4O2.CH3NO2/c1-7-2-3-10-9(4-7)8(6-12)5-11-10;1-2-4-5-3-1;2*1-2(3)4/h2-6,11H,1H3;1-4H2;1H3,(H,3,4);1H3. The number of aromatic nitrogens is 1. The molecule has 8 nitrogen and oxygen atoms in total. The van der Waals surface area contributed by atoms with Gasteiger partial charge in [-0.25, -0.2) is 0 Å². The van der Waals surface area contributed by atoms with Crippen molar-refractivity contribution in [2.75, 3.05) is 20.3 Å². The zero-order chi connectivity index (χ0) is 19.2. The first-order valence-corrected chi connectivity index (χ1v) is 7.66. The number of aryl methyl sites for hydroxylation is 1. The number of nitrogens with one attached hydrogen (secondary N) is 1. The minimum Gasteiger partial charge on any atom is -0.481 e. The van der Waals surface area contributed by atoms with Crippen LogP contribution in [0, 0.1) is 17.0 Å². The van der Waals surface area contributed by atoms with Crippen molar-refractivity contribution in [1.82, 2.24) is 4.98 Å². The van der Waals surface area contributed by atoms with E-state index in [2.05, 4.69) is 4.98 Å². The SMILES string of the molecule is C1CCOC1.CC(=O)O.C[N+](=O)[O-].Cc1ccc2[nH]cc(C=O)c2c1. The quantitative estimate of drug-likeness (QED) is 0.462. The first-order valence-electron chi connectivity index (χ1n) is 7.66. The van der Waals surface area contributed by atoms with E-state index in [1.165, 1.54) is 18.4 Å². The molecule has 0 amide bonds. The van der Waals surface area contributed by atoms with Gasteiger partial charge in [0, 0.05) is 47.7 Å². The Morgan fingerprint density at radius 3 is 2.28 bits per heavy atom. The molecule has 1 aromatic carbocycles. The number of carbonyl (C=O) groups excluding carboxylic acids is 1. The summed E-state index contributed by atoms with van der Waals surface area (Å²) in [5, 5.41) is 17.2. The highest BCUT2D eigenvalue weighted by molar-refractivity contribution is 5.97. The summed E-state index contributed by atoms with van der Waals surface area (Å²) >= 11 is 0. The third-order valence-corrected chi connectivity index (χ3v) is 2.82. The Labute approximate surface area is 146 Å². The van der Waals surface area contributed by atoms with Crippen LogP contribution in [0.15, 0.2) is 24.4 Å². The normalized spacial score (nSPS) is 11.8. The average molecular weight is 352 g/mol. The van der Waals surface area contributed by atoms with Gasteiger partial charge in [-0.05, 0) is 31.9 Å². The topological polar surface area (TPSA) is 123 Å². The predicted octanol–water partition coefficient (Wildman–Crippen LogP) is 3.07. The van der Waals surface area contributed by atoms with Gasteiger partial charge in [-0.3, -0.25) is 19.7 Å². The number of carboxylic acid groups (broad SMARTS) is 1. The van der Waals surface area contributed by atoms with Crippen LogP contribution in [-0.4, -0.2) is 47.5 Å². The van der Waals surface area contributed by atoms with Crippen molar-refractivity contribution in [1.29, 1.82) is 0 Å². The highest BCUT2D eigenvalue weighted by atomic mass is 16.6. The van der Waals surface area contributed by atoms with E-state index in [0.29, 0.717) is 0 Å². The summed E-state index contributed by atoms with van der Waals surface area (Å²) in [6, 6.07) is 6.01. The van der Waals surface area contributed by atoms with E-state index in [0.717, 1.165) is 49.9 Å². The first kappa shape index (κ1) is 22.3. The second-order valence-corrected chi connectivity index (χ2v) is 5.19. The minimum absolute atomic E-state index is 0.500. The van der Waals surface area contributed by atoms with Crippen molar-refractivity contribution in [3.63, 3.8) is 0 Å². The van der Waals surface area contributed by atoms with Gasteiger partial charge in [0.15, 0.2) is 13.3 Å². The number of aldehydes is 1. The molecular weight excluding hydrogens is 328 g/mol. The monoisotopic (exact) mass is 352 g/mol. The van der Waals surface area contributed by atoms with Crippen molar-refractivity contribution in [3.05, 3.63) is 45.6 Å². The molecule has 0 aliphatic carbocycles. The molecule has 0 saturated carbocycles. The van der Waals surface area contributed by atoms with E-state index in [9.17, 15) is 4.79 Å². The number of rotatable bonds is 1. The van der Waals surface area contributed by atoms with E-state index in [-0.39, 0.29) is 0 Å². The number of hydrogen-bond acceptors (Lipinski definition) is 5. The predicted molar refractivity (Wildman–Crippen MR) is 94.7 cm³/mol. The van der Waals surface area contributed by atoms with Gasteiger partial charge < -0.3 is 14.8 Å². The summed E-state index contributed by atoms with van der Waals surface area (Å²) in [5.41, 5.74) is 2.92. The molecule has 0 atom stereocenters. The summed E-state index contributed by atoms with van der Waals surface area (Å²) in [4.78, 5) is 30.9. The first-order chi connectivity index (χ1) is 11.8. The van der Waals surface area contributed by atoms with E-state index < -0.39 is 10.9 Å². The Morgan fingerprint density at radius 1 is 1.36 bits per heavy atom. The lowest BCUT2D eigenvalue weighted by molar-refractivity contribution is -0.445.